The molecular formula is C20H24BrN5O. The van der Waals surface area contributed by atoms with Gasteiger partial charge in [0.2, 0.25) is 0 Å². The third-order valence-corrected chi connectivity index (χ3v) is 5.35. The lowest BCUT2D eigenvalue weighted by Crippen LogP contribution is -2.44. The van der Waals surface area contributed by atoms with Crippen LogP contribution >= 0.6 is 15.9 Å². The first-order valence-corrected chi connectivity index (χ1v) is 10.2. The molecule has 4 rings (SSSR count). The molecule has 0 unspecified atom stereocenters. The fraction of sp³-hybridized carbons (Fsp3) is 0.450. The predicted octanol–water partition coefficient (Wildman–Crippen LogP) is 4.20. The lowest BCUT2D eigenvalue weighted by Gasteiger charge is -2.35. The van der Waals surface area contributed by atoms with Gasteiger partial charge in [0.15, 0.2) is 5.65 Å². The number of aromatic nitrogens is 4. The monoisotopic (exact) mass is 429 g/mol. The second kappa shape index (κ2) is 7.56. The zero-order valence-corrected chi connectivity index (χ0v) is 17.3. The molecule has 1 aliphatic rings. The van der Waals surface area contributed by atoms with E-state index in [1.807, 2.05) is 24.5 Å². The van der Waals surface area contributed by atoms with Crippen molar-refractivity contribution >= 4 is 21.6 Å². The van der Waals surface area contributed by atoms with Gasteiger partial charge in [0.05, 0.1) is 22.6 Å². The van der Waals surface area contributed by atoms with E-state index in [1.165, 1.54) is 32.4 Å². The van der Waals surface area contributed by atoms with Gasteiger partial charge in [-0.3, -0.25) is 9.88 Å². The van der Waals surface area contributed by atoms with Crippen LogP contribution in [0, 0.1) is 0 Å². The van der Waals surface area contributed by atoms with Crippen molar-refractivity contribution in [2.24, 2.45) is 0 Å². The SMILES string of the molecule is CC(C)(CN1CCCCC1)Oc1ccc(-c2cnc3c(Br)cnn3c2)nc1. The number of pyridine rings is 1. The van der Waals surface area contributed by atoms with E-state index in [1.54, 1.807) is 16.9 Å². The van der Waals surface area contributed by atoms with Crippen LogP contribution in [0.25, 0.3) is 16.9 Å². The van der Waals surface area contributed by atoms with Crippen molar-refractivity contribution in [1.29, 1.82) is 0 Å². The van der Waals surface area contributed by atoms with E-state index in [4.69, 9.17) is 4.74 Å². The predicted molar refractivity (Wildman–Crippen MR) is 109 cm³/mol. The maximum absolute atomic E-state index is 6.23. The Kier molecular flexibility index (Phi) is 5.14. The number of fused-ring (bicyclic) bond motifs is 1. The van der Waals surface area contributed by atoms with Crippen LogP contribution in [0.4, 0.5) is 0 Å². The van der Waals surface area contributed by atoms with Crippen molar-refractivity contribution in [2.75, 3.05) is 19.6 Å². The quantitative estimate of drug-likeness (QED) is 0.608. The zero-order chi connectivity index (χ0) is 18.9. The highest BCUT2D eigenvalue weighted by Gasteiger charge is 2.25. The smallest absolute Gasteiger partial charge is 0.169 e. The Morgan fingerprint density at radius 1 is 1.07 bits per heavy atom. The summed E-state index contributed by atoms with van der Waals surface area (Å²) in [5.74, 6) is 0.789. The average Bonchev–Trinajstić information content (AvgIpc) is 3.03. The molecule has 6 nitrogen and oxygen atoms in total. The second-order valence-electron chi connectivity index (χ2n) is 7.68. The minimum absolute atomic E-state index is 0.248. The van der Waals surface area contributed by atoms with Crippen molar-refractivity contribution in [3.05, 3.63) is 41.4 Å². The Labute approximate surface area is 167 Å². The highest BCUT2D eigenvalue weighted by molar-refractivity contribution is 9.10. The van der Waals surface area contributed by atoms with Gasteiger partial charge in [0.25, 0.3) is 0 Å². The van der Waals surface area contributed by atoms with Gasteiger partial charge in [-0.15, -0.1) is 0 Å². The third-order valence-electron chi connectivity index (χ3n) is 4.79. The van der Waals surface area contributed by atoms with Crippen molar-refractivity contribution in [3.8, 4) is 17.0 Å². The molecule has 0 saturated carbocycles. The van der Waals surface area contributed by atoms with Gasteiger partial charge >= 0.3 is 0 Å². The summed E-state index contributed by atoms with van der Waals surface area (Å²) >= 11 is 3.44. The molecule has 0 radical (unpaired) electrons. The van der Waals surface area contributed by atoms with Crippen molar-refractivity contribution < 1.29 is 4.74 Å². The van der Waals surface area contributed by atoms with E-state index >= 15 is 0 Å². The Morgan fingerprint density at radius 2 is 1.89 bits per heavy atom. The number of hydrogen-bond donors (Lipinski definition) is 0. The average molecular weight is 430 g/mol. The third kappa shape index (κ3) is 4.30. The van der Waals surface area contributed by atoms with Gasteiger partial charge in [-0.1, -0.05) is 6.42 Å². The Balaban J connectivity index is 1.46. The van der Waals surface area contributed by atoms with Gasteiger partial charge in [-0.05, 0) is 67.8 Å². The van der Waals surface area contributed by atoms with Gasteiger partial charge in [0.1, 0.15) is 11.4 Å². The van der Waals surface area contributed by atoms with E-state index in [0.29, 0.717) is 0 Å². The molecule has 27 heavy (non-hydrogen) atoms. The number of hydrogen-bond acceptors (Lipinski definition) is 5. The molecule has 7 heteroatoms. The number of halogens is 1. The fourth-order valence-electron chi connectivity index (χ4n) is 3.60. The van der Waals surface area contributed by atoms with E-state index in [0.717, 1.165) is 33.7 Å². The van der Waals surface area contributed by atoms with Crippen LogP contribution in [0.2, 0.25) is 0 Å². The molecule has 0 bridgehead atoms. The first kappa shape index (κ1) is 18.4. The first-order valence-electron chi connectivity index (χ1n) is 9.37. The summed E-state index contributed by atoms with van der Waals surface area (Å²) in [6, 6.07) is 3.94. The standard InChI is InChI=1S/C20H24BrN5O/c1-20(2,14-25-8-4-3-5-9-25)27-16-6-7-18(22-11-16)15-10-23-19-17(21)12-24-26(19)13-15/h6-7,10-13H,3-5,8-9,14H2,1-2H3. The summed E-state index contributed by atoms with van der Waals surface area (Å²) in [6.07, 6.45) is 11.2. The molecule has 4 heterocycles. The van der Waals surface area contributed by atoms with Crippen LogP contribution < -0.4 is 4.74 Å². The normalized spacial score (nSPS) is 16.0. The number of likely N-dealkylation sites (tertiary alicyclic amines) is 1. The highest BCUT2D eigenvalue weighted by Crippen LogP contribution is 2.24. The van der Waals surface area contributed by atoms with Crippen molar-refractivity contribution in [1.82, 2.24) is 24.5 Å². The van der Waals surface area contributed by atoms with Crippen molar-refractivity contribution in [2.45, 2.75) is 38.7 Å². The highest BCUT2D eigenvalue weighted by atomic mass is 79.9. The molecule has 1 aliphatic heterocycles. The molecule has 0 aliphatic carbocycles. The van der Waals surface area contributed by atoms with Crippen LogP contribution in [0.3, 0.4) is 0 Å². The molecular weight excluding hydrogens is 406 g/mol. The molecule has 0 atom stereocenters. The van der Waals surface area contributed by atoms with Crippen LogP contribution in [-0.4, -0.2) is 49.7 Å². The maximum atomic E-state index is 6.23. The van der Waals surface area contributed by atoms with Gasteiger partial charge in [-0.25, -0.2) is 9.50 Å². The summed E-state index contributed by atoms with van der Waals surface area (Å²) < 4.78 is 8.85. The van der Waals surface area contributed by atoms with E-state index in [9.17, 15) is 0 Å². The summed E-state index contributed by atoms with van der Waals surface area (Å²) in [5.41, 5.74) is 2.30. The van der Waals surface area contributed by atoms with E-state index < -0.39 is 0 Å². The van der Waals surface area contributed by atoms with Crippen molar-refractivity contribution in [3.63, 3.8) is 0 Å². The van der Waals surface area contributed by atoms with E-state index in [2.05, 4.69) is 49.7 Å². The fourth-order valence-corrected chi connectivity index (χ4v) is 3.97. The zero-order valence-electron chi connectivity index (χ0n) is 15.7. The Hall–Kier alpha value is -1.99. The minimum Gasteiger partial charge on any atom is -0.485 e. The molecule has 0 aromatic carbocycles. The summed E-state index contributed by atoms with van der Waals surface area (Å²) in [4.78, 5) is 11.5. The number of nitrogens with zero attached hydrogens (tertiary/aromatic N) is 5. The van der Waals surface area contributed by atoms with Crippen LogP contribution in [0.1, 0.15) is 33.1 Å². The summed E-state index contributed by atoms with van der Waals surface area (Å²) in [5, 5.41) is 4.28. The number of piperidine rings is 1. The molecule has 3 aromatic rings. The first-order chi connectivity index (χ1) is 13.0. The molecule has 3 aromatic heterocycles. The van der Waals surface area contributed by atoms with E-state index in [-0.39, 0.29) is 5.60 Å². The maximum Gasteiger partial charge on any atom is 0.169 e. The van der Waals surface area contributed by atoms with Crippen LogP contribution in [0.15, 0.2) is 41.4 Å². The van der Waals surface area contributed by atoms with Gasteiger partial charge in [0, 0.05) is 24.5 Å². The largest absolute Gasteiger partial charge is 0.485 e. The lowest BCUT2D eigenvalue weighted by molar-refractivity contribution is 0.0517. The molecule has 1 fully saturated rings. The Bertz CT molecular complexity index is 916. The van der Waals surface area contributed by atoms with Gasteiger partial charge < -0.3 is 4.74 Å². The Morgan fingerprint density at radius 3 is 2.63 bits per heavy atom. The van der Waals surface area contributed by atoms with Gasteiger partial charge in [-0.2, -0.15) is 5.10 Å². The molecule has 1 saturated heterocycles. The topological polar surface area (TPSA) is 55.5 Å². The summed E-state index contributed by atoms with van der Waals surface area (Å²) in [7, 11) is 0. The number of rotatable bonds is 5. The molecule has 0 amide bonds. The minimum atomic E-state index is -0.248. The van der Waals surface area contributed by atoms with Crippen LogP contribution in [-0.2, 0) is 0 Å². The second-order valence-corrected chi connectivity index (χ2v) is 8.54. The molecule has 142 valence electrons. The van der Waals surface area contributed by atoms with Crippen LogP contribution in [0.5, 0.6) is 5.75 Å². The number of ether oxygens (including phenoxy) is 1. The summed E-state index contributed by atoms with van der Waals surface area (Å²) in [6.45, 7) is 7.56. The molecule has 0 N–H and O–H groups in total. The lowest BCUT2D eigenvalue weighted by atomic mass is 10.1. The molecule has 0 spiro atoms.